The van der Waals surface area contributed by atoms with Gasteiger partial charge in [0.25, 0.3) is 0 Å². The first-order chi connectivity index (χ1) is 37.6. The van der Waals surface area contributed by atoms with E-state index in [1.165, 1.54) is 40.3 Å². The summed E-state index contributed by atoms with van der Waals surface area (Å²) in [5, 5.41) is 9.61. The zero-order chi connectivity index (χ0) is 49.8. The summed E-state index contributed by atoms with van der Waals surface area (Å²) in [5.74, 6) is 1.64. The van der Waals surface area contributed by atoms with Crippen LogP contribution >= 0.6 is 22.7 Å². The smallest absolute Gasteiger partial charge is 0.240 e. The fourth-order valence-electron chi connectivity index (χ4n) is 11.6. The van der Waals surface area contributed by atoms with Crippen molar-refractivity contribution < 1.29 is 0 Å². The molecule has 0 atom stereocenters. The highest BCUT2D eigenvalue weighted by Gasteiger charge is 2.23. The van der Waals surface area contributed by atoms with Crippen LogP contribution in [0.2, 0.25) is 0 Å². The van der Waals surface area contributed by atoms with E-state index in [0.717, 1.165) is 93.7 Å². The van der Waals surface area contributed by atoms with Crippen LogP contribution in [0, 0.1) is 0 Å². The van der Waals surface area contributed by atoms with Gasteiger partial charge in [-0.1, -0.05) is 176 Å². The van der Waals surface area contributed by atoms with Crippen molar-refractivity contribution in [3.63, 3.8) is 0 Å². The molecule has 5 nitrogen and oxygen atoms in total. The lowest BCUT2D eigenvalue weighted by molar-refractivity contribution is 0.893. The Labute approximate surface area is 444 Å². The van der Waals surface area contributed by atoms with E-state index >= 15 is 0 Å². The molecule has 0 N–H and O–H groups in total. The largest absolute Gasteiger partial charge is 0.278 e. The highest BCUT2D eigenvalue weighted by Crippen LogP contribution is 2.43. The highest BCUT2D eigenvalue weighted by molar-refractivity contribution is 7.26. The summed E-state index contributed by atoms with van der Waals surface area (Å²) in [6, 6.07) is 89.9. The first-order valence-electron chi connectivity index (χ1n) is 25.6. The lowest BCUT2D eigenvalue weighted by Gasteiger charge is -2.16. The molecule has 76 heavy (non-hydrogen) atoms. The first-order valence-corrected chi connectivity index (χ1v) is 27.2. The molecule has 11 aromatic carbocycles. The topological polar surface area (TPSA) is 48.5 Å². The molecule has 0 aliphatic heterocycles. The Balaban J connectivity index is 0.967. The van der Waals surface area contributed by atoms with Crippen molar-refractivity contribution >= 4 is 107 Å². The van der Waals surface area contributed by atoms with Gasteiger partial charge in [0.2, 0.25) is 11.9 Å². The van der Waals surface area contributed by atoms with E-state index in [4.69, 9.17) is 15.0 Å². The molecule has 354 valence electrons. The van der Waals surface area contributed by atoms with Crippen molar-refractivity contribution in [1.29, 1.82) is 0 Å². The zero-order valence-electron chi connectivity index (χ0n) is 40.7. The maximum atomic E-state index is 5.66. The van der Waals surface area contributed by atoms with Crippen molar-refractivity contribution in [3.8, 4) is 67.8 Å². The zero-order valence-corrected chi connectivity index (χ0v) is 42.4. The number of thiophene rings is 2. The van der Waals surface area contributed by atoms with Crippen molar-refractivity contribution in [2.24, 2.45) is 0 Å². The number of benzene rings is 11. The summed E-state index contributed by atoms with van der Waals surface area (Å²) in [7, 11) is 0. The van der Waals surface area contributed by atoms with E-state index in [9.17, 15) is 0 Å². The second kappa shape index (κ2) is 17.0. The molecule has 0 aliphatic rings. The SMILES string of the molecule is c1ccc(-c2ccc(-c3nc(-n4c5ccccc5c5ccc(-c6ccc7sc8ccccc8c7c6)cc54)nc(-n4c5ccccc5c5ccc(-c6ccc7sc8ccccc8c7c6)cc54)n3)c(-c3ccccc3)c2)cc1. The quantitative estimate of drug-likeness (QED) is 0.160. The summed E-state index contributed by atoms with van der Waals surface area (Å²) >= 11 is 3.69. The van der Waals surface area contributed by atoms with Gasteiger partial charge >= 0.3 is 0 Å². The molecule has 0 spiro atoms. The fraction of sp³-hybridized carbons (Fsp3) is 0. The van der Waals surface area contributed by atoms with E-state index in [1.807, 2.05) is 22.7 Å². The third-order valence-electron chi connectivity index (χ3n) is 15.2. The lowest BCUT2D eigenvalue weighted by atomic mass is 9.94. The molecule has 0 amide bonds. The van der Waals surface area contributed by atoms with Gasteiger partial charge < -0.3 is 0 Å². The molecule has 0 saturated heterocycles. The van der Waals surface area contributed by atoms with Gasteiger partial charge in [-0.15, -0.1) is 22.7 Å². The first kappa shape index (κ1) is 42.9. The fourth-order valence-corrected chi connectivity index (χ4v) is 13.8. The summed E-state index contributed by atoms with van der Waals surface area (Å²) < 4.78 is 9.66. The van der Waals surface area contributed by atoms with Crippen LogP contribution in [0.15, 0.2) is 249 Å². The number of hydrogen-bond acceptors (Lipinski definition) is 5. The molecular formula is C69H41N5S2. The minimum absolute atomic E-state index is 0.533. The minimum Gasteiger partial charge on any atom is -0.278 e. The number of para-hydroxylation sites is 2. The summed E-state index contributed by atoms with van der Waals surface area (Å²) in [5.41, 5.74) is 13.9. The van der Waals surface area contributed by atoms with Gasteiger partial charge in [0, 0.05) is 67.5 Å². The van der Waals surface area contributed by atoms with Crippen LogP contribution in [-0.4, -0.2) is 24.1 Å². The Morgan fingerprint density at radius 3 is 1.17 bits per heavy atom. The number of rotatable bonds is 7. The van der Waals surface area contributed by atoms with Crippen molar-refractivity contribution in [2.45, 2.75) is 0 Å². The summed E-state index contributed by atoms with van der Waals surface area (Å²) in [4.78, 5) is 16.9. The van der Waals surface area contributed by atoms with Crippen LogP contribution in [0.25, 0.3) is 152 Å². The van der Waals surface area contributed by atoms with Crippen molar-refractivity contribution in [2.75, 3.05) is 0 Å². The van der Waals surface area contributed by atoms with Crippen LogP contribution in [0.3, 0.4) is 0 Å². The molecule has 16 aromatic rings. The average Bonchev–Trinajstić information content (AvgIpc) is 4.30. The standard InChI is InChI=1S/C69H41N5S2/c1-3-15-42(16-4-1)44-29-34-55(56(37-44)43-17-5-2-6-18-43)67-70-68(73-59-23-11-7-19-49(59)51-32-27-47(40-61(51)73)45-30-35-65-57(38-45)53-21-9-13-25-63(53)75-65)72-69(71-67)74-60-24-12-8-20-50(60)52-33-28-48(41-62(52)74)46-31-36-66-58(39-46)54-22-10-14-26-64(54)76-66/h1-41H. The predicted molar refractivity (Wildman–Crippen MR) is 321 cm³/mol. The molecule has 0 fully saturated rings. The average molecular weight is 1000 g/mol. The highest BCUT2D eigenvalue weighted by atomic mass is 32.1. The van der Waals surface area contributed by atoms with Gasteiger partial charge in [0.15, 0.2) is 5.82 Å². The Bertz CT molecular complexity index is 4750. The van der Waals surface area contributed by atoms with Crippen LogP contribution in [0.4, 0.5) is 0 Å². The molecule has 0 saturated carbocycles. The second-order valence-electron chi connectivity index (χ2n) is 19.5. The van der Waals surface area contributed by atoms with Crippen LogP contribution in [0.5, 0.6) is 0 Å². The monoisotopic (exact) mass is 1000 g/mol. The molecule has 0 bridgehead atoms. The molecule has 0 unspecified atom stereocenters. The third kappa shape index (κ3) is 6.80. The Hall–Kier alpha value is -9.53. The van der Waals surface area contributed by atoms with Gasteiger partial charge in [-0.3, -0.25) is 9.13 Å². The molecule has 5 aromatic heterocycles. The van der Waals surface area contributed by atoms with Crippen LogP contribution in [0.1, 0.15) is 0 Å². The van der Waals surface area contributed by atoms with Crippen molar-refractivity contribution in [1.82, 2.24) is 24.1 Å². The third-order valence-corrected chi connectivity index (χ3v) is 17.5. The van der Waals surface area contributed by atoms with E-state index in [2.05, 4.69) is 258 Å². The molecule has 7 heteroatoms. The Morgan fingerprint density at radius 2 is 0.632 bits per heavy atom. The predicted octanol–water partition coefficient (Wildman–Crippen LogP) is 19.1. The number of aromatic nitrogens is 5. The molecule has 0 aliphatic carbocycles. The normalized spacial score (nSPS) is 11.9. The number of nitrogens with zero attached hydrogens (tertiary/aromatic N) is 5. The van der Waals surface area contributed by atoms with Crippen LogP contribution in [-0.2, 0) is 0 Å². The van der Waals surface area contributed by atoms with E-state index < -0.39 is 0 Å². The van der Waals surface area contributed by atoms with Crippen molar-refractivity contribution in [3.05, 3.63) is 249 Å². The van der Waals surface area contributed by atoms with Gasteiger partial charge in [0.1, 0.15) is 0 Å². The second-order valence-corrected chi connectivity index (χ2v) is 21.7. The van der Waals surface area contributed by atoms with E-state index in [1.54, 1.807) is 0 Å². The molecular weight excluding hydrogens is 963 g/mol. The molecule has 5 heterocycles. The number of hydrogen-bond donors (Lipinski definition) is 0. The maximum Gasteiger partial charge on any atom is 0.240 e. The summed E-state index contributed by atoms with van der Waals surface area (Å²) in [6.45, 7) is 0. The van der Waals surface area contributed by atoms with Gasteiger partial charge in [0.05, 0.1) is 22.1 Å². The summed E-state index contributed by atoms with van der Waals surface area (Å²) in [6.07, 6.45) is 0. The Morgan fingerprint density at radius 1 is 0.237 bits per heavy atom. The molecule has 0 radical (unpaired) electrons. The van der Waals surface area contributed by atoms with E-state index in [-0.39, 0.29) is 0 Å². The molecule has 16 rings (SSSR count). The van der Waals surface area contributed by atoms with Gasteiger partial charge in [-0.05, 0) is 117 Å². The maximum absolute atomic E-state index is 5.66. The van der Waals surface area contributed by atoms with Crippen LogP contribution < -0.4 is 0 Å². The van der Waals surface area contributed by atoms with Gasteiger partial charge in [-0.2, -0.15) is 15.0 Å². The minimum atomic E-state index is 0.533. The van der Waals surface area contributed by atoms with Gasteiger partial charge in [-0.25, -0.2) is 0 Å². The number of fused-ring (bicyclic) bond motifs is 12. The Kier molecular flexibility index (Phi) is 9.61. The van der Waals surface area contributed by atoms with E-state index in [0.29, 0.717) is 17.7 Å². The lowest BCUT2D eigenvalue weighted by Crippen LogP contribution is -2.10.